The normalized spacial score (nSPS) is 12.4. The van der Waals surface area contributed by atoms with Crippen molar-refractivity contribution in [1.29, 1.82) is 5.41 Å². The van der Waals surface area contributed by atoms with Gasteiger partial charge in [-0.05, 0) is 73.7 Å². The summed E-state index contributed by atoms with van der Waals surface area (Å²) in [6, 6.07) is 12.2. The van der Waals surface area contributed by atoms with E-state index >= 15 is 0 Å². The third kappa shape index (κ3) is 5.02. The Morgan fingerprint density at radius 3 is 1.40 bits per heavy atom. The van der Waals surface area contributed by atoms with Crippen LogP contribution in [0.2, 0.25) is 0 Å². The quantitative estimate of drug-likeness (QED) is 0.478. The summed E-state index contributed by atoms with van der Waals surface area (Å²) >= 11 is 0. The highest BCUT2D eigenvalue weighted by Gasteiger charge is 2.24. The number of nitrogens with one attached hydrogen (secondary N) is 1. The molecule has 1 aliphatic carbocycles. The molecular formula is C25H35N3O2. The van der Waals surface area contributed by atoms with Gasteiger partial charge in [-0.2, -0.15) is 0 Å². The van der Waals surface area contributed by atoms with E-state index < -0.39 is 0 Å². The van der Waals surface area contributed by atoms with Crippen molar-refractivity contribution in [1.82, 2.24) is 9.80 Å². The lowest BCUT2D eigenvalue weighted by Crippen LogP contribution is -2.27. The van der Waals surface area contributed by atoms with Crippen molar-refractivity contribution >= 4 is 5.71 Å². The molecule has 0 atom stereocenters. The maximum Gasteiger partial charge on any atom is 0.120 e. The highest BCUT2D eigenvalue weighted by Crippen LogP contribution is 2.39. The Morgan fingerprint density at radius 1 is 0.633 bits per heavy atom. The standard InChI is InChI=1S/C25H35N3O2/c1-5-27(6-2)13-15-29-19-9-11-21-22-12-10-20(30-16-14-28(7-3)8-4)18-24(22)25(26)23(21)17-19/h9-12,17-18,26H,5-8,13-16H2,1-4H3. The molecule has 1 aliphatic rings. The molecule has 0 saturated carbocycles. The van der Waals surface area contributed by atoms with E-state index in [1.807, 2.05) is 24.3 Å². The fraction of sp³-hybridized carbons (Fsp3) is 0.480. The van der Waals surface area contributed by atoms with Crippen LogP contribution in [0.4, 0.5) is 0 Å². The lowest BCUT2D eigenvalue weighted by atomic mass is 10.1. The zero-order valence-electron chi connectivity index (χ0n) is 18.8. The van der Waals surface area contributed by atoms with Crippen molar-refractivity contribution < 1.29 is 9.47 Å². The van der Waals surface area contributed by atoms with E-state index in [1.165, 1.54) is 0 Å². The second-order valence-corrected chi connectivity index (χ2v) is 7.54. The molecule has 0 aliphatic heterocycles. The van der Waals surface area contributed by atoms with E-state index in [-0.39, 0.29) is 0 Å². The fourth-order valence-electron chi connectivity index (χ4n) is 3.92. The first-order chi connectivity index (χ1) is 14.6. The first kappa shape index (κ1) is 22.3. The third-order valence-corrected chi connectivity index (χ3v) is 5.95. The average Bonchev–Trinajstić information content (AvgIpc) is 3.05. The van der Waals surface area contributed by atoms with Gasteiger partial charge in [0.1, 0.15) is 24.7 Å². The Hall–Kier alpha value is -2.37. The summed E-state index contributed by atoms with van der Waals surface area (Å²) in [5.74, 6) is 1.66. The van der Waals surface area contributed by atoms with Gasteiger partial charge in [0.2, 0.25) is 0 Å². The van der Waals surface area contributed by atoms with Gasteiger partial charge in [0.05, 0.1) is 5.71 Å². The van der Waals surface area contributed by atoms with Gasteiger partial charge in [-0.25, -0.2) is 0 Å². The summed E-state index contributed by atoms with van der Waals surface area (Å²) in [4.78, 5) is 4.68. The second-order valence-electron chi connectivity index (χ2n) is 7.54. The molecule has 162 valence electrons. The molecule has 0 heterocycles. The van der Waals surface area contributed by atoms with Gasteiger partial charge in [-0.3, -0.25) is 5.41 Å². The van der Waals surface area contributed by atoms with Gasteiger partial charge in [-0.15, -0.1) is 0 Å². The van der Waals surface area contributed by atoms with Crippen LogP contribution >= 0.6 is 0 Å². The van der Waals surface area contributed by atoms with E-state index in [0.717, 1.165) is 73.0 Å². The van der Waals surface area contributed by atoms with Crippen molar-refractivity contribution in [2.24, 2.45) is 0 Å². The minimum Gasteiger partial charge on any atom is -0.492 e. The van der Waals surface area contributed by atoms with E-state index in [4.69, 9.17) is 14.9 Å². The predicted octanol–water partition coefficient (Wildman–Crippen LogP) is 4.52. The Labute approximate surface area is 181 Å². The minimum atomic E-state index is 0.545. The van der Waals surface area contributed by atoms with E-state index in [0.29, 0.717) is 18.9 Å². The number of nitrogens with zero attached hydrogens (tertiary/aromatic N) is 2. The summed E-state index contributed by atoms with van der Waals surface area (Å²) in [7, 11) is 0. The van der Waals surface area contributed by atoms with Crippen LogP contribution in [0.25, 0.3) is 11.1 Å². The number of hydrogen-bond acceptors (Lipinski definition) is 5. The molecular weight excluding hydrogens is 374 g/mol. The monoisotopic (exact) mass is 409 g/mol. The summed E-state index contributed by atoms with van der Waals surface area (Å²) in [5, 5.41) is 8.69. The van der Waals surface area contributed by atoms with Crippen LogP contribution in [0, 0.1) is 5.41 Å². The van der Waals surface area contributed by atoms with Crippen molar-refractivity contribution in [2.75, 3.05) is 52.5 Å². The molecule has 0 radical (unpaired) electrons. The molecule has 0 amide bonds. The zero-order valence-corrected chi connectivity index (χ0v) is 18.8. The third-order valence-electron chi connectivity index (χ3n) is 5.95. The lowest BCUT2D eigenvalue weighted by Gasteiger charge is -2.18. The number of likely N-dealkylation sites (N-methyl/N-ethyl adjacent to an activating group) is 2. The fourth-order valence-corrected chi connectivity index (χ4v) is 3.92. The van der Waals surface area contributed by atoms with Crippen LogP contribution in [0.3, 0.4) is 0 Å². The first-order valence-corrected chi connectivity index (χ1v) is 11.2. The molecule has 30 heavy (non-hydrogen) atoms. The number of ether oxygens (including phenoxy) is 2. The van der Waals surface area contributed by atoms with Gasteiger partial charge < -0.3 is 19.3 Å². The van der Waals surface area contributed by atoms with Crippen LogP contribution in [-0.2, 0) is 0 Å². The molecule has 1 N–H and O–H groups in total. The van der Waals surface area contributed by atoms with E-state index in [9.17, 15) is 0 Å². The molecule has 0 fully saturated rings. The Kier molecular flexibility index (Phi) is 7.88. The van der Waals surface area contributed by atoms with Crippen LogP contribution < -0.4 is 9.47 Å². The second kappa shape index (κ2) is 10.6. The molecule has 0 saturated heterocycles. The van der Waals surface area contributed by atoms with Crippen LogP contribution in [0.5, 0.6) is 11.5 Å². The molecule has 0 bridgehead atoms. The van der Waals surface area contributed by atoms with Gasteiger partial charge in [0.15, 0.2) is 0 Å². The van der Waals surface area contributed by atoms with Crippen LogP contribution in [-0.4, -0.2) is 68.0 Å². The molecule has 0 unspecified atom stereocenters. The molecule has 0 aromatic heterocycles. The summed E-state index contributed by atoms with van der Waals surface area (Å²) in [6.07, 6.45) is 0. The van der Waals surface area contributed by atoms with Crippen molar-refractivity contribution in [2.45, 2.75) is 27.7 Å². The van der Waals surface area contributed by atoms with E-state index in [1.54, 1.807) is 0 Å². The largest absolute Gasteiger partial charge is 0.492 e. The molecule has 5 nitrogen and oxygen atoms in total. The summed E-state index contributed by atoms with van der Waals surface area (Å²) in [5.41, 5.74) is 4.61. The highest BCUT2D eigenvalue weighted by atomic mass is 16.5. The molecule has 2 aromatic rings. The predicted molar refractivity (Wildman–Crippen MR) is 124 cm³/mol. The van der Waals surface area contributed by atoms with Gasteiger partial charge in [-0.1, -0.05) is 27.7 Å². The minimum absolute atomic E-state index is 0.545. The number of fused-ring (bicyclic) bond motifs is 3. The molecule has 0 spiro atoms. The van der Waals surface area contributed by atoms with Crippen molar-refractivity contribution in [3.63, 3.8) is 0 Å². The number of hydrogen-bond donors (Lipinski definition) is 1. The Balaban J connectivity index is 1.66. The lowest BCUT2D eigenvalue weighted by molar-refractivity contribution is 0.223. The molecule has 3 rings (SSSR count). The van der Waals surface area contributed by atoms with Crippen LogP contribution in [0.15, 0.2) is 36.4 Å². The maximum absolute atomic E-state index is 8.69. The number of benzene rings is 2. The van der Waals surface area contributed by atoms with Gasteiger partial charge in [0.25, 0.3) is 0 Å². The van der Waals surface area contributed by atoms with Crippen LogP contribution in [0.1, 0.15) is 38.8 Å². The summed E-state index contributed by atoms with van der Waals surface area (Å²) < 4.78 is 11.9. The molecule has 5 heteroatoms. The summed E-state index contributed by atoms with van der Waals surface area (Å²) in [6.45, 7) is 15.9. The highest BCUT2D eigenvalue weighted by molar-refractivity contribution is 6.23. The molecule has 2 aromatic carbocycles. The smallest absolute Gasteiger partial charge is 0.120 e. The van der Waals surface area contributed by atoms with Crippen molar-refractivity contribution in [3.8, 4) is 22.6 Å². The number of rotatable bonds is 12. The SMILES string of the molecule is CCN(CC)CCOc1ccc2c(c1)C(=N)c1cc(OCCN(CC)CC)ccc1-2. The average molecular weight is 410 g/mol. The van der Waals surface area contributed by atoms with Crippen molar-refractivity contribution in [3.05, 3.63) is 47.5 Å². The maximum atomic E-state index is 8.69. The zero-order chi connectivity index (χ0) is 21.5. The van der Waals surface area contributed by atoms with Gasteiger partial charge >= 0.3 is 0 Å². The van der Waals surface area contributed by atoms with Gasteiger partial charge in [0, 0.05) is 24.2 Å². The first-order valence-electron chi connectivity index (χ1n) is 11.2. The Morgan fingerprint density at radius 2 is 1.03 bits per heavy atom. The Bertz CT molecular complexity index is 788. The topological polar surface area (TPSA) is 48.8 Å². The van der Waals surface area contributed by atoms with E-state index in [2.05, 4.69) is 49.6 Å².